The maximum Gasteiger partial charge on any atom is 0.268 e. The van der Waals surface area contributed by atoms with Gasteiger partial charge in [0, 0.05) is 19.2 Å². The number of anilines is 1. The summed E-state index contributed by atoms with van der Waals surface area (Å²) in [5, 5.41) is 3.06. The third-order valence-corrected chi connectivity index (χ3v) is 7.21. The molecule has 1 amide bonds. The van der Waals surface area contributed by atoms with E-state index in [0.717, 1.165) is 10.7 Å². The Labute approximate surface area is 182 Å². The van der Waals surface area contributed by atoms with Crippen molar-refractivity contribution in [1.29, 1.82) is 0 Å². The highest BCUT2D eigenvalue weighted by Crippen LogP contribution is 2.39. The van der Waals surface area contributed by atoms with Crippen LogP contribution in [0.2, 0.25) is 0 Å². The van der Waals surface area contributed by atoms with E-state index in [-0.39, 0.29) is 29.7 Å². The van der Waals surface area contributed by atoms with Crippen LogP contribution in [0.15, 0.2) is 42.7 Å². The van der Waals surface area contributed by atoms with Gasteiger partial charge in [-0.3, -0.25) is 4.79 Å². The third kappa shape index (κ3) is 3.92. The average Bonchev–Trinajstić information content (AvgIpc) is 3.32. The van der Waals surface area contributed by atoms with E-state index < -0.39 is 45.0 Å². The molecule has 1 fully saturated rings. The molecule has 7 nitrogen and oxygen atoms in total. The summed E-state index contributed by atoms with van der Waals surface area (Å²) < 4.78 is 70.9. The predicted molar refractivity (Wildman–Crippen MR) is 113 cm³/mol. The van der Waals surface area contributed by atoms with Gasteiger partial charge in [-0.05, 0) is 37.6 Å². The van der Waals surface area contributed by atoms with Crippen LogP contribution in [0.3, 0.4) is 0 Å². The lowest BCUT2D eigenvalue weighted by molar-refractivity contribution is 0.0982. The van der Waals surface area contributed by atoms with E-state index in [4.69, 9.17) is 0 Å². The molecule has 32 heavy (non-hydrogen) atoms. The Hall–Kier alpha value is -3.08. The molecule has 0 bridgehead atoms. The maximum atomic E-state index is 15.6. The summed E-state index contributed by atoms with van der Waals surface area (Å²) in [6.45, 7) is 2.68. The molecule has 0 radical (unpaired) electrons. The van der Waals surface area contributed by atoms with Crippen LogP contribution in [0.5, 0.6) is 0 Å². The van der Waals surface area contributed by atoms with E-state index in [1.165, 1.54) is 49.2 Å². The van der Waals surface area contributed by atoms with Gasteiger partial charge in [-0.25, -0.2) is 30.8 Å². The van der Waals surface area contributed by atoms with Crippen molar-refractivity contribution in [3.8, 4) is 0 Å². The van der Waals surface area contributed by atoms with Crippen molar-refractivity contribution in [2.45, 2.75) is 37.7 Å². The van der Waals surface area contributed by atoms with Gasteiger partial charge in [0.15, 0.2) is 5.82 Å². The number of hydrogen-bond acceptors (Lipinski definition) is 5. The van der Waals surface area contributed by atoms with E-state index in [0.29, 0.717) is 5.56 Å². The highest BCUT2D eigenvalue weighted by Gasteiger charge is 2.36. The Balaban J connectivity index is 1.76. The first-order chi connectivity index (χ1) is 15.1. The molecule has 3 heterocycles. The number of halogens is 3. The van der Waals surface area contributed by atoms with E-state index >= 15 is 4.39 Å². The molecule has 170 valence electrons. The number of carbonyl (C=O) groups excluding carboxylic acids is 1. The molecule has 1 saturated heterocycles. The van der Waals surface area contributed by atoms with Gasteiger partial charge < -0.3 is 4.90 Å². The summed E-state index contributed by atoms with van der Waals surface area (Å²) in [5.41, 5.74) is -0.00163. The van der Waals surface area contributed by atoms with Crippen LogP contribution in [0, 0.1) is 11.6 Å². The Kier molecular flexibility index (Phi) is 5.61. The molecule has 11 heteroatoms. The molecular formula is C21H21F3N4O3S. The number of pyridine rings is 1. The number of nitrogens with one attached hydrogen (secondary N) is 1. The quantitative estimate of drug-likeness (QED) is 0.624. The Morgan fingerprint density at radius 1 is 1.25 bits per heavy atom. The monoisotopic (exact) mass is 466 g/mol. The zero-order valence-electron chi connectivity index (χ0n) is 17.3. The zero-order valence-corrected chi connectivity index (χ0v) is 18.1. The number of carbonyl (C=O) groups is 1. The number of benzene rings is 1. The molecule has 1 aromatic carbocycles. The van der Waals surface area contributed by atoms with Gasteiger partial charge in [-0.2, -0.15) is 5.10 Å². The molecule has 0 saturated carbocycles. The number of alkyl halides is 1. The van der Waals surface area contributed by atoms with Crippen molar-refractivity contribution < 1.29 is 26.4 Å². The topological polar surface area (TPSA) is 83.8 Å². The largest absolute Gasteiger partial charge is 0.359 e. The van der Waals surface area contributed by atoms with Gasteiger partial charge in [0.25, 0.3) is 5.91 Å². The smallest absolute Gasteiger partial charge is 0.268 e. The number of nitrogens with zero attached hydrogens (tertiary/aromatic N) is 3. The molecule has 1 aliphatic heterocycles. The summed E-state index contributed by atoms with van der Waals surface area (Å²) in [6.07, 6.45) is 1.25. The van der Waals surface area contributed by atoms with Gasteiger partial charge in [-0.15, -0.1) is 0 Å². The number of sulfonamides is 1. The van der Waals surface area contributed by atoms with Gasteiger partial charge in [-0.1, -0.05) is 12.1 Å². The molecule has 2 aromatic heterocycles. The minimum Gasteiger partial charge on any atom is -0.359 e. The van der Waals surface area contributed by atoms with E-state index in [9.17, 15) is 22.0 Å². The SMILES string of the molecule is CC(C)S(=O)(=O)NC(=O)c1cnn2ccc(N3CC(F)CC3c3cccc(F)c3)c(F)c12. The van der Waals surface area contributed by atoms with Crippen molar-refractivity contribution in [3.63, 3.8) is 0 Å². The fourth-order valence-electron chi connectivity index (χ4n) is 3.80. The van der Waals surface area contributed by atoms with Crippen LogP contribution >= 0.6 is 0 Å². The Morgan fingerprint density at radius 3 is 2.69 bits per heavy atom. The van der Waals surface area contributed by atoms with Gasteiger partial charge in [0.05, 0.1) is 28.7 Å². The van der Waals surface area contributed by atoms with Crippen molar-refractivity contribution in [2.75, 3.05) is 11.4 Å². The number of aromatic nitrogens is 2. The predicted octanol–water partition coefficient (Wildman–Crippen LogP) is 3.37. The number of rotatable bonds is 5. The molecule has 0 aliphatic carbocycles. The van der Waals surface area contributed by atoms with Crippen molar-refractivity contribution in [3.05, 3.63) is 65.5 Å². The molecule has 0 spiro atoms. The molecule has 1 aliphatic rings. The molecule has 4 rings (SSSR count). The van der Waals surface area contributed by atoms with E-state index in [1.54, 1.807) is 6.07 Å². The highest BCUT2D eigenvalue weighted by molar-refractivity contribution is 7.90. The lowest BCUT2D eigenvalue weighted by Crippen LogP contribution is -2.35. The number of amides is 1. The zero-order chi connectivity index (χ0) is 23.2. The van der Waals surface area contributed by atoms with Crippen LogP contribution in [0.1, 0.15) is 42.2 Å². The normalized spacial score (nSPS) is 19.1. The van der Waals surface area contributed by atoms with Crippen LogP contribution < -0.4 is 9.62 Å². The molecule has 1 N–H and O–H groups in total. The summed E-state index contributed by atoms with van der Waals surface area (Å²) in [5.74, 6) is -2.36. The van der Waals surface area contributed by atoms with Gasteiger partial charge in [0.2, 0.25) is 10.0 Å². The molecule has 2 atom stereocenters. The second-order valence-corrected chi connectivity index (χ2v) is 10.2. The highest BCUT2D eigenvalue weighted by atomic mass is 32.2. The first kappa shape index (κ1) is 22.1. The second kappa shape index (κ2) is 8.12. The van der Waals surface area contributed by atoms with Crippen molar-refractivity contribution in [2.24, 2.45) is 0 Å². The lowest BCUT2D eigenvalue weighted by Gasteiger charge is -2.27. The fourth-order valence-corrected chi connectivity index (χ4v) is 4.40. The summed E-state index contributed by atoms with van der Waals surface area (Å²) in [6, 6.07) is 6.48. The van der Waals surface area contributed by atoms with Crippen molar-refractivity contribution >= 4 is 27.1 Å². The molecule has 3 aromatic rings. The van der Waals surface area contributed by atoms with Crippen LogP contribution in [-0.2, 0) is 10.0 Å². The fraction of sp³-hybridized carbons (Fsp3) is 0.333. The van der Waals surface area contributed by atoms with Crippen LogP contribution in [0.4, 0.5) is 18.9 Å². The van der Waals surface area contributed by atoms with E-state index in [2.05, 4.69) is 5.10 Å². The first-order valence-electron chi connectivity index (χ1n) is 9.96. The Morgan fingerprint density at radius 2 is 2.00 bits per heavy atom. The van der Waals surface area contributed by atoms with E-state index in [1.807, 2.05) is 4.72 Å². The van der Waals surface area contributed by atoms with Crippen LogP contribution in [0.25, 0.3) is 5.52 Å². The maximum absolute atomic E-state index is 15.6. The van der Waals surface area contributed by atoms with Gasteiger partial charge >= 0.3 is 0 Å². The molecular weight excluding hydrogens is 445 g/mol. The summed E-state index contributed by atoms with van der Waals surface area (Å²) in [7, 11) is -3.94. The number of hydrogen-bond donors (Lipinski definition) is 1. The summed E-state index contributed by atoms with van der Waals surface area (Å²) in [4.78, 5) is 14.1. The standard InChI is InChI=1S/C21H21F3N4O3S/c1-12(2)32(30,31)26-21(29)16-10-25-28-7-6-17(19(24)20(16)28)27-11-15(23)9-18(27)13-4-3-5-14(22)8-13/h3-8,10,12,15,18H,9,11H2,1-2H3,(H,26,29). The first-order valence-corrected chi connectivity index (χ1v) is 11.5. The van der Waals surface area contributed by atoms with Crippen LogP contribution in [-0.4, -0.2) is 41.9 Å². The number of fused-ring (bicyclic) bond motifs is 1. The average molecular weight is 466 g/mol. The third-order valence-electron chi connectivity index (χ3n) is 5.49. The minimum absolute atomic E-state index is 0.00757. The second-order valence-electron chi connectivity index (χ2n) is 7.95. The summed E-state index contributed by atoms with van der Waals surface area (Å²) >= 11 is 0. The van der Waals surface area contributed by atoms with Gasteiger partial charge in [0.1, 0.15) is 17.5 Å². The Bertz CT molecular complexity index is 1290. The molecule has 2 unspecified atom stereocenters. The minimum atomic E-state index is -3.94. The van der Waals surface area contributed by atoms with Crippen molar-refractivity contribution in [1.82, 2.24) is 14.3 Å². The lowest BCUT2D eigenvalue weighted by atomic mass is 10.0.